The van der Waals surface area contributed by atoms with Gasteiger partial charge in [-0.15, -0.1) is 0 Å². The molecule has 4 aliphatic rings. The zero-order valence-electron chi connectivity index (χ0n) is 17.1. The van der Waals surface area contributed by atoms with Gasteiger partial charge in [0, 0.05) is 55.4 Å². The molecule has 7 rings (SSSR count). The Balaban J connectivity index is 1.44. The fourth-order valence-electron chi connectivity index (χ4n) is 6.38. The van der Waals surface area contributed by atoms with Crippen LogP contribution >= 0.6 is 0 Å². The van der Waals surface area contributed by atoms with Gasteiger partial charge >= 0.3 is 0 Å². The first-order chi connectivity index (χ1) is 14.0. The van der Waals surface area contributed by atoms with Gasteiger partial charge in [0.2, 0.25) is 0 Å². The molecule has 0 spiro atoms. The number of hydrogen-bond acceptors (Lipinski definition) is 3. The third-order valence-corrected chi connectivity index (χ3v) is 7.29. The maximum Gasteiger partial charge on any atom is 0.149 e. The first-order valence-corrected chi connectivity index (χ1v) is 10.6. The highest BCUT2D eigenvalue weighted by atomic mass is 16.1. The van der Waals surface area contributed by atoms with Crippen molar-refractivity contribution in [2.75, 3.05) is 26.2 Å². The predicted molar refractivity (Wildman–Crippen MR) is 115 cm³/mol. The monoisotopic (exact) mass is 385 g/mol. The molecular formula is C25H27N3O. The van der Waals surface area contributed by atoms with Gasteiger partial charge in [-0.05, 0) is 11.6 Å². The minimum absolute atomic E-state index is 0.218. The Bertz CT molecular complexity index is 1080. The Kier molecular flexibility index (Phi) is 3.49. The first-order valence-electron chi connectivity index (χ1n) is 10.6. The van der Waals surface area contributed by atoms with E-state index in [1.807, 2.05) is 0 Å². The zero-order chi connectivity index (χ0) is 19.8. The summed E-state index contributed by atoms with van der Waals surface area (Å²) >= 11 is 0. The van der Waals surface area contributed by atoms with Gasteiger partial charge in [0.25, 0.3) is 0 Å². The molecule has 148 valence electrons. The number of para-hydroxylation sites is 1. The molecule has 2 aromatic carbocycles. The average Bonchev–Trinajstić information content (AvgIpc) is 3.04. The number of hydrogen-bond donors (Lipinski definition) is 0. The van der Waals surface area contributed by atoms with Gasteiger partial charge in [-0.3, -0.25) is 14.6 Å². The van der Waals surface area contributed by atoms with Crippen LogP contribution in [0.15, 0.2) is 60.8 Å². The number of benzene rings is 2. The molecule has 0 amide bonds. The van der Waals surface area contributed by atoms with Gasteiger partial charge in [0.05, 0.1) is 17.0 Å². The topological polar surface area (TPSA) is 28.5 Å². The van der Waals surface area contributed by atoms with Crippen molar-refractivity contribution >= 4 is 16.7 Å². The summed E-state index contributed by atoms with van der Waals surface area (Å²) in [6.07, 6.45) is 2.63. The van der Waals surface area contributed by atoms with Gasteiger partial charge in [0.1, 0.15) is 5.78 Å². The number of carbonyl (C=O) groups excluding carboxylic acids is 1. The molecule has 0 unspecified atom stereocenters. The van der Waals surface area contributed by atoms with Gasteiger partial charge in [-0.2, -0.15) is 0 Å². The number of ketones is 1. The second kappa shape index (κ2) is 5.80. The fraction of sp³-hybridized carbons (Fsp3) is 0.400. The van der Waals surface area contributed by atoms with Crippen molar-refractivity contribution in [3.05, 3.63) is 71.9 Å². The number of nitrogens with zero attached hydrogens (tertiary/aromatic N) is 3. The van der Waals surface area contributed by atoms with E-state index in [0.717, 1.165) is 32.7 Å². The largest absolute Gasteiger partial charge is 0.343 e. The lowest BCUT2D eigenvalue weighted by Gasteiger charge is -2.64. The fourth-order valence-corrected chi connectivity index (χ4v) is 6.38. The van der Waals surface area contributed by atoms with Crippen LogP contribution in [0, 0.1) is 10.8 Å². The van der Waals surface area contributed by atoms with Crippen LogP contribution in [-0.2, 0) is 11.3 Å². The van der Waals surface area contributed by atoms with Crippen molar-refractivity contribution in [3.8, 4) is 0 Å². The molecule has 4 fully saturated rings. The third kappa shape index (κ3) is 2.42. The van der Waals surface area contributed by atoms with Crippen LogP contribution in [0.4, 0.5) is 0 Å². The minimum Gasteiger partial charge on any atom is -0.343 e. The summed E-state index contributed by atoms with van der Waals surface area (Å²) in [4.78, 5) is 18.1. The van der Waals surface area contributed by atoms with Crippen LogP contribution in [0.2, 0.25) is 0 Å². The second-order valence-electron chi connectivity index (χ2n) is 9.85. The average molecular weight is 386 g/mol. The number of carbonyl (C=O) groups is 1. The highest BCUT2D eigenvalue weighted by molar-refractivity contribution is 5.93. The summed E-state index contributed by atoms with van der Waals surface area (Å²) in [5.74, 6) is 0.474. The van der Waals surface area contributed by atoms with Crippen LogP contribution < -0.4 is 0 Å². The maximum absolute atomic E-state index is 13.0. The summed E-state index contributed by atoms with van der Waals surface area (Å²) in [6, 6.07) is 19.4. The molecule has 0 N–H and O–H groups in total. The smallest absolute Gasteiger partial charge is 0.149 e. The number of aromatic nitrogens is 1. The van der Waals surface area contributed by atoms with Crippen LogP contribution in [0.5, 0.6) is 0 Å². The van der Waals surface area contributed by atoms with E-state index in [4.69, 9.17) is 0 Å². The van der Waals surface area contributed by atoms with E-state index in [9.17, 15) is 4.79 Å². The molecule has 0 atom stereocenters. The molecule has 4 nitrogen and oxygen atoms in total. The van der Waals surface area contributed by atoms with E-state index in [2.05, 4.69) is 89.0 Å². The van der Waals surface area contributed by atoms with Gasteiger partial charge in [-0.1, -0.05) is 62.4 Å². The van der Waals surface area contributed by atoms with Crippen LogP contribution in [-0.4, -0.2) is 46.3 Å². The lowest BCUT2D eigenvalue weighted by molar-refractivity contribution is -0.196. The maximum atomic E-state index is 13.0. The molecule has 5 heterocycles. The molecule has 4 heteroatoms. The van der Waals surface area contributed by atoms with Crippen molar-refractivity contribution in [2.24, 2.45) is 10.8 Å². The molecule has 4 aliphatic heterocycles. The Labute approximate surface area is 171 Å². The van der Waals surface area contributed by atoms with E-state index in [1.165, 1.54) is 22.0 Å². The van der Waals surface area contributed by atoms with Crippen molar-refractivity contribution < 1.29 is 4.79 Å². The van der Waals surface area contributed by atoms with Crippen molar-refractivity contribution in [2.45, 2.75) is 26.6 Å². The van der Waals surface area contributed by atoms with Gasteiger partial charge < -0.3 is 4.57 Å². The molecule has 4 bridgehead atoms. The summed E-state index contributed by atoms with van der Waals surface area (Å²) in [5, 5.41) is 1.34. The lowest BCUT2D eigenvalue weighted by atomic mass is 9.62. The summed E-state index contributed by atoms with van der Waals surface area (Å²) in [7, 11) is 0. The van der Waals surface area contributed by atoms with Gasteiger partial charge in [0.15, 0.2) is 0 Å². The molecule has 0 saturated carbocycles. The van der Waals surface area contributed by atoms with Crippen LogP contribution in [0.25, 0.3) is 10.9 Å². The molecule has 0 aliphatic carbocycles. The van der Waals surface area contributed by atoms with Crippen LogP contribution in [0.1, 0.15) is 31.1 Å². The number of piperidine rings is 2. The molecule has 3 aromatic rings. The number of fused-ring (bicyclic) bond motifs is 1. The van der Waals surface area contributed by atoms with E-state index < -0.39 is 0 Å². The molecule has 0 radical (unpaired) electrons. The Morgan fingerprint density at radius 1 is 0.862 bits per heavy atom. The third-order valence-electron chi connectivity index (χ3n) is 7.29. The van der Waals surface area contributed by atoms with E-state index in [1.54, 1.807) is 0 Å². The van der Waals surface area contributed by atoms with Crippen molar-refractivity contribution in [1.29, 1.82) is 0 Å². The summed E-state index contributed by atoms with van der Waals surface area (Å²) in [5.41, 5.74) is 3.55. The molecular weight excluding hydrogens is 358 g/mol. The molecule has 4 saturated heterocycles. The quantitative estimate of drug-likeness (QED) is 0.684. The van der Waals surface area contributed by atoms with Gasteiger partial charge in [-0.25, -0.2) is 0 Å². The zero-order valence-corrected chi connectivity index (χ0v) is 17.1. The number of rotatable bonds is 3. The Morgan fingerprint density at radius 2 is 1.45 bits per heavy atom. The summed E-state index contributed by atoms with van der Waals surface area (Å²) < 4.78 is 2.39. The lowest BCUT2D eigenvalue weighted by Crippen LogP contribution is -2.75. The minimum atomic E-state index is -0.218. The second-order valence-corrected chi connectivity index (χ2v) is 9.85. The molecule has 29 heavy (non-hydrogen) atoms. The van der Waals surface area contributed by atoms with E-state index in [0.29, 0.717) is 5.78 Å². The highest BCUT2D eigenvalue weighted by Gasteiger charge is 2.62. The molecule has 1 aromatic heterocycles. The SMILES string of the molecule is CC12CN3CC(C)(CN(C1)C3c1cn(Cc3ccccc3)c3ccccc13)C2=O. The first kappa shape index (κ1) is 17.4. The van der Waals surface area contributed by atoms with Crippen molar-refractivity contribution in [3.63, 3.8) is 0 Å². The number of Topliss-reactive ketones (excluding diaryl/α,β-unsaturated/α-hetero) is 1. The summed E-state index contributed by atoms with van der Waals surface area (Å²) in [6.45, 7) is 8.72. The standard InChI is InChI=1S/C25H27N3O/c1-24-14-27-16-25(2,23(24)29)17-28(15-24)22(27)20-13-26(12-18-8-4-3-5-9-18)21-11-7-6-10-19(20)21/h3-11,13,22H,12,14-17H2,1-2H3. The Morgan fingerprint density at radius 3 is 2.10 bits per heavy atom. The normalized spacial score (nSPS) is 35.5. The highest BCUT2D eigenvalue weighted by Crippen LogP contribution is 2.52. The van der Waals surface area contributed by atoms with Crippen LogP contribution in [0.3, 0.4) is 0 Å². The van der Waals surface area contributed by atoms with Crippen molar-refractivity contribution in [1.82, 2.24) is 14.4 Å². The predicted octanol–water partition coefficient (Wildman–Crippen LogP) is 3.91. The Hall–Kier alpha value is -2.43. The van der Waals surface area contributed by atoms with E-state index in [-0.39, 0.29) is 17.0 Å². The van der Waals surface area contributed by atoms with E-state index >= 15 is 0 Å².